The molecule has 19 heavy (non-hydrogen) atoms. The summed E-state index contributed by atoms with van der Waals surface area (Å²) in [6, 6.07) is 2.58. The van der Waals surface area contributed by atoms with Gasteiger partial charge in [-0.05, 0) is 30.7 Å². The smallest absolute Gasteiger partial charge is 0.331 e. The lowest BCUT2D eigenvalue weighted by Gasteiger charge is -2.24. The van der Waals surface area contributed by atoms with Crippen LogP contribution >= 0.6 is 11.3 Å². The average Bonchev–Trinajstić information content (AvgIpc) is 3.07. The van der Waals surface area contributed by atoms with Gasteiger partial charge in [0.15, 0.2) is 6.04 Å². The van der Waals surface area contributed by atoms with E-state index in [1.54, 1.807) is 17.0 Å². The predicted molar refractivity (Wildman–Crippen MR) is 73.2 cm³/mol. The quantitative estimate of drug-likeness (QED) is 0.842. The molecule has 2 N–H and O–H groups in total. The zero-order valence-corrected chi connectivity index (χ0v) is 11.7. The van der Waals surface area contributed by atoms with Crippen LogP contribution < -0.4 is 5.32 Å². The largest absolute Gasteiger partial charge is 0.479 e. The van der Waals surface area contributed by atoms with Crippen molar-refractivity contribution in [2.24, 2.45) is 0 Å². The van der Waals surface area contributed by atoms with Gasteiger partial charge in [0.25, 0.3) is 0 Å². The van der Waals surface area contributed by atoms with E-state index in [-0.39, 0.29) is 12.1 Å². The van der Waals surface area contributed by atoms with Gasteiger partial charge in [0.1, 0.15) is 0 Å². The maximum atomic E-state index is 12.2. The molecule has 1 saturated carbocycles. The number of amides is 2. The second-order valence-corrected chi connectivity index (χ2v) is 5.64. The Morgan fingerprint density at radius 2 is 2.32 bits per heavy atom. The van der Waals surface area contributed by atoms with Crippen LogP contribution in [-0.2, 0) is 4.79 Å². The van der Waals surface area contributed by atoms with E-state index < -0.39 is 12.0 Å². The summed E-state index contributed by atoms with van der Waals surface area (Å²) >= 11 is 1.34. The van der Waals surface area contributed by atoms with Crippen LogP contribution in [0.3, 0.4) is 0 Å². The number of aliphatic carboxylic acids is 1. The van der Waals surface area contributed by atoms with Crippen molar-refractivity contribution in [3.8, 4) is 0 Å². The van der Waals surface area contributed by atoms with Crippen molar-refractivity contribution in [2.75, 3.05) is 6.54 Å². The van der Waals surface area contributed by atoms with Gasteiger partial charge in [-0.25, -0.2) is 9.59 Å². The first-order valence-corrected chi connectivity index (χ1v) is 7.34. The summed E-state index contributed by atoms with van der Waals surface area (Å²) in [6.45, 7) is 2.68. The summed E-state index contributed by atoms with van der Waals surface area (Å²) in [6.07, 6.45) is 2.91. The average molecular weight is 282 g/mol. The predicted octanol–water partition coefficient (Wildman–Crippen LogP) is 2.46. The van der Waals surface area contributed by atoms with Gasteiger partial charge in [0.05, 0.1) is 0 Å². The first-order valence-electron chi connectivity index (χ1n) is 6.46. The zero-order chi connectivity index (χ0) is 13.8. The summed E-state index contributed by atoms with van der Waals surface area (Å²) < 4.78 is 0. The SMILES string of the molecule is CCCN(C(=O)NC(C(=O)O)c1cccs1)C1CC1. The number of thiophene rings is 1. The number of carboxylic acid groups (broad SMARTS) is 1. The maximum Gasteiger partial charge on any atom is 0.331 e. The number of hydrogen-bond acceptors (Lipinski definition) is 3. The number of nitrogens with zero attached hydrogens (tertiary/aromatic N) is 1. The first kappa shape index (κ1) is 13.9. The Hall–Kier alpha value is -1.56. The maximum absolute atomic E-state index is 12.2. The molecule has 1 unspecified atom stereocenters. The van der Waals surface area contributed by atoms with Gasteiger partial charge in [0.2, 0.25) is 0 Å². The van der Waals surface area contributed by atoms with Gasteiger partial charge in [0, 0.05) is 17.5 Å². The van der Waals surface area contributed by atoms with Crippen LogP contribution in [-0.4, -0.2) is 34.6 Å². The molecule has 1 aliphatic rings. The number of rotatable bonds is 6. The van der Waals surface area contributed by atoms with Gasteiger partial charge in [-0.2, -0.15) is 0 Å². The second-order valence-electron chi connectivity index (χ2n) is 4.66. The fourth-order valence-electron chi connectivity index (χ4n) is 1.99. The molecule has 104 valence electrons. The van der Waals surface area contributed by atoms with Crippen LogP contribution in [0.4, 0.5) is 4.79 Å². The van der Waals surface area contributed by atoms with Crippen molar-refractivity contribution in [1.82, 2.24) is 10.2 Å². The van der Waals surface area contributed by atoms with Gasteiger partial charge in [-0.3, -0.25) is 0 Å². The summed E-state index contributed by atoms with van der Waals surface area (Å²) in [5, 5.41) is 13.7. The minimum Gasteiger partial charge on any atom is -0.479 e. The molecular formula is C13H18N2O3S. The molecule has 2 amide bonds. The lowest BCUT2D eigenvalue weighted by Crippen LogP contribution is -2.45. The third-order valence-corrected chi connectivity index (χ3v) is 3.99. The van der Waals surface area contributed by atoms with E-state index in [2.05, 4.69) is 5.32 Å². The highest BCUT2D eigenvalue weighted by Crippen LogP contribution is 2.28. The van der Waals surface area contributed by atoms with Crippen molar-refractivity contribution in [2.45, 2.75) is 38.3 Å². The van der Waals surface area contributed by atoms with Gasteiger partial charge >= 0.3 is 12.0 Å². The van der Waals surface area contributed by atoms with Crippen molar-refractivity contribution in [1.29, 1.82) is 0 Å². The molecule has 0 radical (unpaired) electrons. The van der Waals surface area contributed by atoms with E-state index in [4.69, 9.17) is 0 Å². The van der Waals surface area contributed by atoms with E-state index in [1.807, 2.05) is 12.3 Å². The third-order valence-electron chi connectivity index (χ3n) is 3.06. The molecule has 6 heteroatoms. The minimum absolute atomic E-state index is 0.273. The number of carboxylic acids is 1. The highest BCUT2D eigenvalue weighted by molar-refractivity contribution is 7.10. The first-order chi connectivity index (χ1) is 9.13. The van der Waals surface area contributed by atoms with Crippen LogP contribution in [0, 0.1) is 0 Å². The molecule has 1 atom stereocenters. The van der Waals surface area contributed by atoms with E-state index in [1.165, 1.54) is 11.3 Å². The summed E-state index contributed by atoms with van der Waals surface area (Å²) in [7, 11) is 0. The Labute approximate surface area is 116 Å². The summed E-state index contributed by atoms with van der Waals surface area (Å²) in [5.41, 5.74) is 0. The molecule has 1 heterocycles. The fourth-order valence-corrected chi connectivity index (χ4v) is 2.76. The molecule has 0 saturated heterocycles. The Morgan fingerprint density at radius 3 is 2.79 bits per heavy atom. The Kier molecular flexibility index (Phi) is 4.42. The van der Waals surface area contributed by atoms with E-state index >= 15 is 0 Å². The number of urea groups is 1. The molecule has 1 aliphatic carbocycles. The number of carbonyl (C=O) groups excluding carboxylic acids is 1. The highest BCUT2D eigenvalue weighted by atomic mass is 32.1. The van der Waals surface area contributed by atoms with Crippen molar-refractivity contribution < 1.29 is 14.7 Å². The standard InChI is InChI=1S/C13H18N2O3S/c1-2-7-15(9-5-6-9)13(18)14-11(12(16)17)10-4-3-8-19-10/h3-4,8-9,11H,2,5-7H2,1H3,(H,14,18)(H,16,17). The topological polar surface area (TPSA) is 69.6 Å². The molecule has 5 nitrogen and oxygen atoms in total. The fraction of sp³-hybridized carbons (Fsp3) is 0.538. The molecule has 0 aromatic carbocycles. The van der Waals surface area contributed by atoms with Gasteiger partial charge in [-0.1, -0.05) is 13.0 Å². The second kappa shape index (κ2) is 6.06. The van der Waals surface area contributed by atoms with E-state index in [0.29, 0.717) is 11.4 Å². The van der Waals surface area contributed by atoms with Gasteiger partial charge < -0.3 is 15.3 Å². The molecule has 0 bridgehead atoms. The van der Waals surface area contributed by atoms with Crippen LogP contribution in [0.5, 0.6) is 0 Å². The number of nitrogens with one attached hydrogen (secondary N) is 1. The lowest BCUT2D eigenvalue weighted by molar-refractivity contribution is -0.139. The third kappa shape index (κ3) is 3.47. The Morgan fingerprint density at radius 1 is 1.58 bits per heavy atom. The normalized spacial score (nSPS) is 15.8. The molecule has 1 aromatic rings. The van der Waals surface area contributed by atoms with Crippen LogP contribution in [0.2, 0.25) is 0 Å². The van der Waals surface area contributed by atoms with E-state index in [0.717, 1.165) is 19.3 Å². The lowest BCUT2D eigenvalue weighted by atomic mass is 10.2. The molecule has 0 aliphatic heterocycles. The van der Waals surface area contributed by atoms with Gasteiger partial charge in [-0.15, -0.1) is 11.3 Å². The number of carbonyl (C=O) groups is 2. The minimum atomic E-state index is -1.02. The van der Waals surface area contributed by atoms with Crippen molar-refractivity contribution in [3.63, 3.8) is 0 Å². The molecule has 1 fully saturated rings. The molecular weight excluding hydrogens is 264 g/mol. The highest BCUT2D eigenvalue weighted by Gasteiger charge is 2.34. The van der Waals surface area contributed by atoms with Crippen molar-refractivity contribution >= 4 is 23.3 Å². The van der Waals surface area contributed by atoms with Crippen LogP contribution in [0.1, 0.15) is 37.1 Å². The van der Waals surface area contributed by atoms with Crippen LogP contribution in [0.15, 0.2) is 17.5 Å². The molecule has 0 spiro atoms. The molecule has 2 rings (SSSR count). The summed E-state index contributed by atoms with van der Waals surface area (Å²) in [4.78, 5) is 25.9. The Bertz CT molecular complexity index is 443. The van der Waals surface area contributed by atoms with Crippen molar-refractivity contribution in [3.05, 3.63) is 22.4 Å². The Balaban J connectivity index is 2.04. The van der Waals surface area contributed by atoms with Crippen LogP contribution in [0.25, 0.3) is 0 Å². The zero-order valence-electron chi connectivity index (χ0n) is 10.8. The van der Waals surface area contributed by atoms with E-state index in [9.17, 15) is 14.7 Å². The monoisotopic (exact) mass is 282 g/mol. The molecule has 1 aromatic heterocycles. The summed E-state index contributed by atoms with van der Waals surface area (Å²) in [5.74, 6) is -1.02. The number of hydrogen-bond donors (Lipinski definition) is 2.